The Morgan fingerprint density at radius 2 is 2.15 bits per heavy atom. The van der Waals surface area contributed by atoms with Crippen LogP contribution < -0.4 is 21.3 Å². The van der Waals surface area contributed by atoms with Crippen LogP contribution in [0.2, 0.25) is 0 Å². The maximum Gasteiger partial charge on any atom is 0.329 e. The average molecular weight is 468 g/mol. The summed E-state index contributed by atoms with van der Waals surface area (Å²) in [4.78, 5) is 35.5. The molecule has 0 aliphatic carbocycles. The highest BCUT2D eigenvalue weighted by molar-refractivity contribution is 5.74. The van der Waals surface area contributed by atoms with Crippen molar-refractivity contribution in [3.8, 4) is 5.75 Å². The van der Waals surface area contributed by atoms with Crippen LogP contribution in [0.15, 0.2) is 52.6 Å². The highest BCUT2D eigenvalue weighted by atomic mass is 16.5. The largest absolute Gasteiger partial charge is 0.491 e. The summed E-state index contributed by atoms with van der Waals surface area (Å²) < 4.78 is 10.6. The summed E-state index contributed by atoms with van der Waals surface area (Å²) in [6.45, 7) is 3.50. The van der Waals surface area contributed by atoms with Gasteiger partial charge in [-0.25, -0.2) is 9.78 Å². The van der Waals surface area contributed by atoms with E-state index in [0.717, 1.165) is 24.9 Å². The fourth-order valence-electron chi connectivity index (χ4n) is 3.74. The number of rotatable bonds is 11. The minimum absolute atomic E-state index is 0.0383. The van der Waals surface area contributed by atoms with Crippen LogP contribution >= 0.6 is 0 Å². The number of aryl methyl sites for hydroxylation is 3. The second-order valence-corrected chi connectivity index (χ2v) is 8.08. The summed E-state index contributed by atoms with van der Waals surface area (Å²) in [6, 6.07) is 7.71. The Balaban J connectivity index is 1.52. The second kappa shape index (κ2) is 10.4. The first kappa shape index (κ1) is 23.3. The van der Waals surface area contributed by atoms with Crippen LogP contribution in [0.1, 0.15) is 18.9 Å². The van der Waals surface area contributed by atoms with Gasteiger partial charge in [0.05, 0.1) is 12.9 Å². The lowest BCUT2D eigenvalue weighted by molar-refractivity contribution is 0.0938. The molecule has 0 aliphatic rings. The molecule has 0 aliphatic heterocycles. The third-order valence-electron chi connectivity index (χ3n) is 5.58. The van der Waals surface area contributed by atoms with E-state index in [2.05, 4.69) is 27.2 Å². The molecule has 1 unspecified atom stereocenters. The van der Waals surface area contributed by atoms with Gasteiger partial charge in [0.1, 0.15) is 18.5 Å². The highest BCUT2D eigenvalue weighted by Crippen LogP contribution is 2.18. The number of fused-ring (bicyclic) bond motifs is 1. The predicted molar refractivity (Wildman–Crippen MR) is 128 cm³/mol. The lowest BCUT2D eigenvalue weighted by Crippen LogP contribution is -2.31. The summed E-state index contributed by atoms with van der Waals surface area (Å²) in [5.41, 5.74) is 0.498. The van der Waals surface area contributed by atoms with Crippen LogP contribution in [0.3, 0.4) is 0 Å². The number of aromatic amines is 1. The molecule has 3 aromatic heterocycles. The molecule has 3 heterocycles. The van der Waals surface area contributed by atoms with Crippen LogP contribution in [0.5, 0.6) is 5.75 Å². The molecule has 180 valence electrons. The van der Waals surface area contributed by atoms with E-state index >= 15 is 0 Å². The van der Waals surface area contributed by atoms with Crippen molar-refractivity contribution in [3.05, 3.63) is 69.4 Å². The molecule has 4 rings (SSSR count). The molecule has 11 nitrogen and oxygen atoms in total. The monoisotopic (exact) mass is 467 g/mol. The van der Waals surface area contributed by atoms with E-state index in [1.165, 1.54) is 4.57 Å². The van der Waals surface area contributed by atoms with Gasteiger partial charge in [-0.2, -0.15) is 4.98 Å². The number of hydrogen-bond acceptors (Lipinski definition) is 7. The van der Waals surface area contributed by atoms with Crippen LogP contribution in [0, 0.1) is 0 Å². The van der Waals surface area contributed by atoms with E-state index in [9.17, 15) is 14.7 Å². The number of H-pyrrole nitrogens is 1. The van der Waals surface area contributed by atoms with Crippen molar-refractivity contribution in [2.75, 3.05) is 18.5 Å². The van der Waals surface area contributed by atoms with Gasteiger partial charge in [0.25, 0.3) is 5.56 Å². The van der Waals surface area contributed by atoms with E-state index in [-0.39, 0.29) is 24.3 Å². The van der Waals surface area contributed by atoms with Gasteiger partial charge in [-0.05, 0) is 30.5 Å². The quantitative estimate of drug-likeness (QED) is 0.282. The fourth-order valence-corrected chi connectivity index (χ4v) is 3.74. The number of hydrogen-bond donors (Lipinski definition) is 3. The number of aromatic nitrogens is 6. The zero-order valence-electron chi connectivity index (χ0n) is 19.3. The van der Waals surface area contributed by atoms with Crippen LogP contribution in [-0.4, -0.2) is 53.0 Å². The molecule has 0 amide bonds. The van der Waals surface area contributed by atoms with Gasteiger partial charge < -0.3 is 24.3 Å². The topological polar surface area (TPSA) is 132 Å². The minimum atomic E-state index is -0.911. The molecule has 0 saturated carbocycles. The Kier molecular flexibility index (Phi) is 7.12. The summed E-state index contributed by atoms with van der Waals surface area (Å²) >= 11 is 0. The maximum atomic E-state index is 12.6. The van der Waals surface area contributed by atoms with Gasteiger partial charge in [-0.1, -0.05) is 19.1 Å². The fraction of sp³-hybridized carbons (Fsp3) is 0.391. The standard InChI is InChI=1S/C23H29N7O4/c1-3-16-6-4-7-18(12-16)34-14-17(31)13-30-19-20(28(2)23(33)27-21(19)32)26-22(30)25-8-5-10-29-11-9-24-15-29/h4,6-7,9,11-12,15,17,31H,3,5,8,10,13-14H2,1-2H3,(H,25,26)(H,27,32,33). The Labute approximate surface area is 195 Å². The third kappa shape index (κ3) is 5.20. The van der Waals surface area contributed by atoms with E-state index < -0.39 is 17.4 Å². The molecule has 34 heavy (non-hydrogen) atoms. The number of ether oxygens (including phenoxy) is 1. The minimum Gasteiger partial charge on any atom is -0.491 e. The number of nitrogens with zero attached hydrogens (tertiary/aromatic N) is 5. The molecule has 1 atom stereocenters. The number of nitrogens with one attached hydrogen (secondary N) is 2. The number of aliphatic hydroxyl groups is 1. The maximum absolute atomic E-state index is 12.6. The molecule has 0 spiro atoms. The summed E-state index contributed by atoms with van der Waals surface area (Å²) in [6.07, 6.45) is 6.12. The van der Waals surface area contributed by atoms with Crippen LogP contribution in [-0.2, 0) is 26.6 Å². The van der Waals surface area contributed by atoms with Gasteiger partial charge in [-0.3, -0.25) is 14.3 Å². The van der Waals surface area contributed by atoms with Crippen LogP contribution in [0.4, 0.5) is 5.95 Å². The summed E-state index contributed by atoms with van der Waals surface area (Å²) in [5, 5.41) is 13.9. The van der Waals surface area contributed by atoms with Crippen molar-refractivity contribution in [2.45, 2.75) is 39.0 Å². The number of benzene rings is 1. The lowest BCUT2D eigenvalue weighted by atomic mass is 10.2. The Morgan fingerprint density at radius 3 is 2.91 bits per heavy atom. The molecule has 4 aromatic rings. The first-order chi connectivity index (χ1) is 16.5. The van der Waals surface area contributed by atoms with Gasteiger partial charge in [0.15, 0.2) is 11.2 Å². The van der Waals surface area contributed by atoms with Gasteiger partial charge in [-0.15, -0.1) is 0 Å². The smallest absolute Gasteiger partial charge is 0.329 e. The Morgan fingerprint density at radius 1 is 1.29 bits per heavy atom. The van der Waals surface area contributed by atoms with E-state index in [0.29, 0.717) is 18.2 Å². The van der Waals surface area contributed by atoms with E-state index in [1.807, 2.05) is 35.0 Å². The number of anilines is 1. The Hall–Kier alpha value is -3.86. The normalized spacial score (nSPS) is 12.2. The number of aliphatic hydroxyl groups excluding tert-OH is 1. The van der Waals surface area contributed by atoms with E-state index in [4.69, 9.17) is 4.74 Å². The molecule has 0 bridgehead atoms. The molecular weight excluding hydrogens is 438 g/mol. The molecule has 0 radical (unpaired) electrons. The molecule has 11 heteroatoms. The van der Waals surface area contributed by atoms with Crippen molar-refractivity contribution in [2.24, 2.45) is 7.05 Å². The first-order valence-corrected chi connectivity index (χ1v) is 11.2. The summed E-state index contributed by atoms with van der Waals surface area (Å²) in [7, 11) is 1.54. The van der Waals surface area contributed by atoms with Crippen molar-refractivity contribution in [1.82, 2.24) is 28.7 Å². The van der Waals surface area contributed by atoms with Crippen LogP contribution in [0.25, 0.3) is 11.2 Å². The zero-order valence-corrected chi connectivity index (χ0v) is 19.3. The van der Waals surface area contributed by atoms with Crippen molar-refractivity contribution < 1.29 is 9.84 Å². The van der Waals surface area contributed by atoms with E-state index in [1.54, 1.807) is 24.1 Å². The third-order valence-corrected chi connectivity index (χ3v) is 5.58. The summed E-state index contributed by atoms with van der Waals surface area (Å²) in [5.74, 6) is 1.08. The number of imidazole rings is 2. The molecule has 0 fully saturated rings. The van der Waals surface area contributed by atoms with Gasteiger partial charge in [0.2, 0.25) is 5.95 Å². The molecular formula is C23H29N7O4. The molecule has 1 aromatic carbocycles. The molecule has 3 N–H and O–H groups in total. The van der Waals surface area contributed by atoms with Gasteiger partial charge in [0, 0.05) is 32.5 Å². The second-order valence-electron chi connectivity index (χ2n) is 8.08. The Bertz CT molecular complexity index is 1350. The SMILES string of the molecule is CCc1cccc(OCC(O)Cn2c(NCCCn3ccnc3)nc3c2c(=O)[nH]c(=O)n3C)c1. The molecule has 0 saturated heterocycles. The van der Waals surface area contributed by atoms with Crippen molar-refractivity contribution in [1.29, 1.82) is 0 Å². The average Bonchev–Trinajstić information content (AvgIpc) is 3.48. The first-order valence-electron chi connectivity index (χ1n) is 11.2. The highest BCUT2D eigenvalue weighted by Gasteiger charge is 2.20. The van der Waals surface area contributed by atoms with Crippen molar-refractivity contribution >= 4 is 17.1 Å². The lowest BCUT2D eigenvalue weighted by Gasteiger charge is -2.16. The van der Waals surface area contributed by atoms with Gasteiger partial charge >= 0.3 is 5.69 Å². The zero-order chi connectivity index (χ0) is 24.1. The van der Waals surface area contributed by atoms with Crippen molar-refractivity contribution in [3.63, 3.8) is 0 Å². The predicted octanol–water partition coefficient (Wildman–Crippen LogP) is 1.12.